The molecular formula is C16H26N2O2S. The Bertz CT molecular complexity index is 467. The van der Waals surface area contributed by atoms with Crippen LogP contribution in [0.25, 0.3) is 0 Å². The third-order valence-electron chi connectivity index (χ3n) is 3.96. The van der Waals surface area contributed by atoms with Crippen LogP contribution in [0.15, 0.2) is 17.5 Å². The van der Waals surface area contributed by atoms with Gasteiger partial charge in [-0.2, -0.15) is 0 Å². The highest BCUT2D eigenvalue weighted by molar-refractivity contribution is 7.10. The van der Waals surface area contributed by atoms with Crippen molar-refractivity contribution in [3.05, 3.63) is 22.4 Å². The van der Waals surface area contributed by atoms with Crippen molar-refractivity contribution in [1.82, 2.24) is 9.80 Å². The number of carbonyl (C=O) groups is 1. The maximum absolute atomic E-state index is 12.1. The molecule has 1 aromatic heterocycles. The molecule has 0 bridgehead atoms. The number of hydrogen-bond donors (Lipinski definition) is 0. The van der Waals surface area contributed by atoms with Crippen LogP contribution in [0.4, 0.5) is 4.79 Å². The Hall–Kier alpha value is -1.07. The van der Waals surface area contributed by atoms with Crippen molar-refractivity contribution in [2.24, 2.45) is 0 Å². The summed E-state index contributed by atoms with van der Waals surface area (Å²) in [6.07, 6.45) is 0.813. The van der Waals surface area contributed by atoms with Gasteiger partial charge >= 0.3 is 6.09 Å². The van der Waals surface area contributed by atoms with Crippen molar-refractivity contribution in [2.45, 2.75) is 51.8 Å². The van der Waals surface area contributed by atoms with Crippen molar-refractivity contribution < 1.29 is 9.53 Å². The molecule has 0 aliphatic carbocycles. The highest BCUT2D eigenvalue weighted by Crippen LogP contribution is 2.28. The Balaban J connectivity index is 1.91. The van der Waals surface area contributed by atoms with Crippen LogP contribution in [-0.4, -0.2) is 47.7 Å². The molecule has 1 aromatic rings. The molecule has 0 spiro atoms. The lowest BCUT2D eigenvalue weighted by molar-refractivity contribution is 0.0278. The highest BCUT2D eigenvalue weighted by Gasteiger charge is 2.33. The van der Waals surface area contributed by atoms with Crippen LogP contribution in [-0.2, 0) is 4.74 Å². The van der Waals surface area contributed by atoms with Gasteiger partial charge in [0.15, 0.2) is 0 Å². The van der Waals surface area contributed by atoms with E-state index in [9.17, 15) is 4.79 Å². The van der Waals surface area contributed by atoms with Gasteiger partial charge < -0.3 is 9.64 Å². The zero-order valence-corrected chi connectivity index (χ0v) is 14.4. The summed E-state index contributed by atoms with van der Waals surface area (Å²) in [4.78, 5) is 17.7. The number of rotatable bonds is 3. The van der Waals surface area contributed by atoms with Crippen molar-refractivity contribution in [1.29, 1.82) is 0 Å². The minimum Gasteiger partial charge on any atom is -0.444 e. The van der Waals surface area contributed by atoms with Crippen LogP contribution in [0.3, 0.4) is 0 Å². The summed E-state index contributed by atoms with van der Waals surface area (Å²) in [7, 11) is 2.15. The van der Waals surface area contributed by atoms with Crippen LogP contribution >= 0.6 is 11.3 Å². The van der Waals surface area contributed by atoms with E-state index in [4.69, 9.17) is 4.74 Å². The molecule has 5 heteroatoms. The van der Waals surface area contributed by atoms with E-state index in [2.05, 4.69) is 36.4 Å². The van der Waals surface area contributed by atoms with Crippen molar-refractivity contribution >= 4 is 17.4 Å². The summed E-state index contributed by atoms with van der Waals surface area (Å²) in [5.74, 6) is 0. The molecule has 1 fully saturated rings. The van der Waals surface area contributed by atoms with Crippen LogP contribution in [0.1, 0.15) is 45.0 Å². The van der Waals surface area contributed by atoms with E-state index in [0.29, 0.717) is 12.1 Å². The smallest absolute Gasteiger partial charge is 0.410 e. The molecule has 4 nitrogen and oxygen atoms in total. The Morgan fingerprint density at radius 1 is 1.52 bits per heavy atom. The molecular weight excluding hydrogens is 284 g/mol. The fourth-order valence-corrected chi connectivity index (χ4v) is 3.45. The number of likely N-dealkylation sites (N-methyl/N-ethyl adjacent to an activating group) is 1. The molecule has 0 saturated carbocycles. The monoisotopic (exact) mass is 310 g/mol. The average molecular weight is 310 g/mol. The van der Waals surface area contributed by atoms with Crippen molar-refractivity contribution in [3.63, 3.8) is 0 Å². The van der Waals surface area contributed by atoms with Crippen LogP contribution in [0, 0.1) is 0 Å². The van der Waals surface area contributed by atoms with Gasteiger partial charge in [-0.25, -0.2) is 4.79 Å². The molecule has 0 radical (unpaired) electrons. The normalized spacial score (nSPS) is 20.9. The van der Waals surface area contributed by atoms with Crippen LogP contribution in [0.5, 0.6) is 0 Å². The van der Waals surface area contributed by atoms with Crippen molar-refractivity contribution in [3.8, 4) is 0 Å². The Morgan fingerprint density at radius 2 is 2.24 bits per heavy atom. The number of amides is 1. The molecule has 118 valence electrons. The van der Waals surface area contributed by atoms with Gasteiger partial charge in [-0.05, 0) is 52.6 Å². The maximum Gasteiger partial charge on any atom is 0.410 e. The first-order valence-corrected chi connectivity index (χ1v) is 8.39. The largest absolute Gasteiger partial charge is 0.444 e. The second kappa shape index (κ2) is 6.36. The van der Waals surface area contributed by atoms with E-state index in [1.165, 1.54) is 4.88 Å². The van der Waals surface area contributed by atoms with E-state index < -0.39 is 5.60 Å². The summed E-state index contributed by atoms with van der Waals surface area (Å²) < 4.78 is 5.45. The predicted molar refractivity (Wildman–Crippen MR) is 86.7 cm³/mol. The molecule has 1 aliphatic rings. The average Bonchev–Trinajstić information content (AvgIpc) is 3.06. The first-order chi connectivity index (χ1) is 9.78. The molecule has 1 amide bonds. The number of thiophene rings is 1. The van der Waals surface area contributed by atoms with Crippen LogP contribution in [0.2, 0.25) is 0 Å². The van der Waals surface area contributed by atoms with Crippen LogP contribution < -0.4 is 0 Å². The molecule has 0 aromatic carbocycles. The molecule has 1 aliphatic heterocycles. The molecule has 2 atom stereocenters. The fraction of sp³-hybridized carbons (Fsp3) is 0.688. The Morgan fingerprint density at radius 3 is 2.81 bits per heavy atom. The SMILES string of the molecule is CC(c1cccs1)N(C)[C@@H]1CCN(C(=O)OC(C)(C)C)C1. The third kappa shape index (κ3) is 4.20. The van der Waals surface area contributed by atoms with Crippen molar-refractivity contribution in [2.75, 3.05) is 20.1 Å². The zero-order chi connectivity index (χ0) is 15.6. The molecule has 1 unspecified atom stereocenters. The van der Waals surface area contributed by atoms with Gasteiger partial charge in [0, 0.05) is 30.1 Å². The summed E-state index contributed by atoms with van der Waals surface area (Å²) in [5.41, 5.74) is -0.425. The van der Waals surface area contributed by atoms with Gasteiger partial charge in [0.2, 0.25) is 0 Å². The van der Waals surface area contributed by atoms with Gasteiger partial charge in [0.1, 0.15) is 5.60 Å². The number of nitrogens with zero attached hydrogens (tertiary/aromatic N) is 2. The second-order valence-corrected chi connectivity index (χ2v) is 7.70. The van der Waals surface area contributed by atoms with Gasteiger partial charge in [-0.3, -0.25) is 4.90 Å². The molecule has 1 saturated heterocycles. The highest BCUT2D eigenvalue weighted by atomic mass is 32.1. The predicted octanol–water partition coefficient (Wildman–Crippen LogP) is 3.75. The standard InChI is InChI=1S/C16H26N2O2S/c1-12(14-7-6-10-21-14)17(5)13-8-9-18(11-13)15(19)20-16(2,3)4/h6-7,10,12-13H,8-9,11H2,1-5H3/t12?,13-/m1/s1. The van der Waals surface area contributed by atoms with E-state index in [1.54, 1.807) is 11.3 Å². The number of likely N-dealkylation sites (tertiary alicyclic amines) is 1. The number of carbonyl (C=O) groups excluding carboxylic acids is 1. The van der Waals surface area contributed by atoms with E-state index in [0.717, 1.165) is 19.5 Å². The van der Waals surface area contributed by atoms with Gasteiger partial charge in [0.25, 0.3) is 0 Å². The quantitative estimate of drug-likeness (QED) is 0.852. The summed E-state index contributed by atoms with van der Waals surface area (Å²) in [6, 6.07) is 5.04. The minimum atomic E-state index is -0.425. The Kier molecular flexibility index (Phi) is 4.94. The maximum atomic E-state index is 12.1. The number of hydrogen-bond acceptors (Lipinski definition) is 4. The second-order valence-electron chi connectivity index (χ2n) is 6.73. The lowest BCUT2D eigenvalue weighted by Crippen LogP contribution is -2.39. The van der Waals surface area contributed by atoms with Gasteiger partial charge in [-0.1, -0.05) is 6.07 Å². The molecule has 2 heterocycles. The van der Waals surface area contributed by atoms with E-state index in [1.807, 2.05) is 25.7 Å². The number of ether oxygens (including phenoxy) is 1. The zero-order valence-electron chi connectivity index (χ0n) is 13.6. The Labute approximate surface area is 131 Å². The lowest BCUT2D eigenvalue weighted by atomic mass is 10.1. The third-order valence-corrected chi connectivity index (χ3v) is 5.00. The first-order valence-electron chi connectivity index (χ1n) is 7.51. The van der Waals surface area contributed by atoms with E-state index >= 15 is 0 Å². The molecule has 2 rings (SSSR count). The molecule has 0 N–H and O–H groups in total. The van der Waals surface area contributed by atoms with Gasteiger partial charge in [0.05, 0.1) is 0 Å². The minimum absolute atomic E-state index is 0.192. The molecule has 21 heavy (non-hydrogen) atoms. The summed E-state index contributed by atoms with van der Waals surface area (Å²) >= 11 is 1.79. The van der Waals surface area contributed by atoms with Gasteiger partial charge in [-0.15, -0.1) is 11.3 Å². The summed E-state index contributed by atoms with van der Waals surface area (Å²) in [6.45, 7) is 9.47. The topological polar surface area (TPSA) is 32.8 Å². The lowest BCUT2D eigenvalue weighted by Gasteiger charge is -2.30. The fourth-order valence-electron chi connectivity index (χ4n) is 2.61. The van der Waals surface area contributed by atoms with E-state index in [-0.39, 0.29) is 6.09 Å². The first kappa shape index (κ1) is 16.3. The summed E-state index contributed by atoms with van der Waals surface area (Å²) in [5, 5.41) is 2.11.